The highest BCUT2D eigenvalue weighted by Gasteiger charge is 2.45. The van der Waals surface area contributed by atoms with E-state index in [-0.39, 0.29) is 24.1 Å². The smallest absolute Gasteiger partial charge is 0.224 e. The van der Waals surface area contributed by atoms with E-state index >= 15 is 0 Å². The molecule has 0 radical (unpaired) electrons. The van der Waals surface area contributed by atoms with Gasteiger partial charge in [-0.3, -0.25) is 4.79 Å². The second-order valence-electron chi connectivity index (χ2n) is 7.19. The lowest BCUT2D eigenvalue weighted by Crippen LogP contribution is -2.56. The first-order chi connectivity index (χ1) is 11.1. The Kier molecular flexibility index (Phi) is 5.51. The number of amides is 1. The number of piperidine rings is 1. The number of ether oxygens (including phenoxy) is 1. The fourth-order valence-corrected chi connectivity index (χ4v) is 4.32. The number of hydrazine groups is 2. The summed E-state index contributed by atoms with van der Waals surface area (Å²) >= 11 is 0. The third kappa shape index (κ3) is 3.68. The molecule has 6 nitrogen and oxygen atoms in total. The van der Waals surface area contributed by atoms with Crippen molar-refractivity contribution in [3.05, 3.63) is 0 Å². The fourth-order valence-electron chi connectivity index (χ4n) is 4.32. The van der Waals surface area contributed by atoms with E-state index < -0.39 is 6.17 Å². The molecule has 0 aromatic rings. The zero-order chi connectivity index (χ0) is 16.3. The molecule has 0 aromatic carbocycles. The SMILES string of the molecule is CO[C@H]1CCN(C(=O)CC2(C3CCCCC3)CNNN2)C[C@H]1F. The predicted octanol–water partition coefficient (Wildman–Crippen LogP) is 0.893. The molecule has 2 aliphatic heterocycles. The summed E-state index contributed by atoms with van der Waals surface area (Å²) in [4.78, 5) is 14.4. The molecule has 1 unspecified atom stereocenters. The second-order valence-corrected chi connectivity index (χ2v) is 7.19. The van der Waals surface area contributed by atoms with E-state index in [0.29, 0.717) is 25.3 Å². The number of methoxy groups -OCH3 is 1. The minimum absolute atomic E-state index is 0.0470. The van der Waals surface area contributed by atoms with Gasteiger partial charge in [0.2, 0.25) is 5.91 Å². The molecule has 0 spiro atoms. The molecule has 7 heteroatoms. The Labute approximate surface area is 137 Å². The Hall–Kier alpha value is -0.760. The summed E-state index contributed by atoms with van der Waals surface area (Å²) in [6.45, 7) is 1.47. The van der Waals surface area contributed by atoms with Crippen LogP contribution in [0.5, 0.6) is 0 Å². The van der Waals surface area contributed by atoms with Gasteiger partial charge in [-0.25, -0.2) is 15.2 Å². The highest BCUT2D eigenvalue weighted by Crippen LogP contribution is 2.36. The van der Waals surface area contributed by atoms with Gasteiger partial charge in [-0.05, 0) is 25.2 Å². The minimum Gasteiger partial charge on any atom is -0.378 e. The summed E-state index contributed by atoms with van der Waals surface area (Å²) in [6, 6.07) is 0. The molecule has 0 aromatic heterocycles. The van der Waals surface area contributed by atoms with Crippen LogP contribution in [0.25, 0.3) is 0 Å². The van der Waals surface area contributed by atoms with E-state index in [1.165, 1.54) is 26.4 Å². The number of carbonyl (C=O) groups is 1. The zero-order valence-electron chi connectivity index (χ0n) is 13.9. The van der Waals surface area contributed by atoms with Gasteiger partial charge in [0.15, 0.2) is 0 Å². The summed E-state index contributed by atoms with van der Waals surface area (Å²) in [6.07, 6.45) is 5.58. The predicted molar refractivity (Wildman–Crippen MR) is 85.1 cm³/mol. The Morgan fingerprint density at radius 1 is 1.30 bits per heavy atom. The standard InChI is InChI=1S/C16H29FN4O2/c1-23-14-7-8-21(10-13(14)17)15(22)9-16(11-18-20-19-16)12-5-3-2-4-6-12/h12-14,18-20H,2-11H2,1H3/t13-,14+,16?/m1/s1. The second kappa shape index (κ2) is 7.42. The van der Waals surface area contributed by atoms with E-state index in [4.69, 9.17) is 4.74 Å². The van der Waals surface area contributed by atoms with Crippen molar-refractivity contribution in [2.75, 3.05) is 26.7 Å². The molecule has 3 atom stereocenters. The van der Waals surface area contributed by atoms with Crippen molar-refractivity contribution in [2.24, 2.45) is 5.92 Å². The van der Waals surface area contributed by atoms with Gasteiger partial charge in [0.05, 0.1) is 18.2 Å². The van der Waals surface area contributed by atoms with Crippen molar-refractivity contribution in [1.82, 2.24) is 21.3 Å². The zero-order valence-corrected chi connectivity index (χ0v) is 13.9. The van der Waals surface area contributed by atoms with Crippen molar-refractivity contribution in [2.45, 2.75) is 62.8 Å². The maximum Gasteiger partial charge on any atom is 0.224 e. The van der Waals surface area contributed by atoms with Crippen LogP contribution in [0.2, 0.25) is 0 Å². The Morgan fingerprint density at radius 3 is 2.70 bits per heavy atom. The van der Waals surface area contributed by atoms with Crippen molar-refractivity contribution in [3.63, 3.8) is 0 Å². The van der Waals surface area contributed by atoms with Crippen LogP contribution >= 0.6 is 0 Å². The summed E-state index contributed by atoms with van der Waals surface area (Å²) in [5.74, 6) is 0.533. The molecule has 3 rings (SSSR count). The van der Waals surface area contributed by atoms with Crippen LogP contribution < -0.4 is 16.4 Å². The third-order valence-electron chi connectivity index (χ3n) is 5.79. The first-order valence-electron chi connectivity index (χ1n) is 8.84. The quantitative estimate of drug-likeness (QED) is 0.715. The molecule has 1 amide bonds. The van der Waals surface area contributed by atoms with Crippen molar-refractivity contribution < 1.29 is 13.9 Å². The lowest BCUT2D eigenvalue weighted by atomic mass is 9.73. The van der Waals surface area contributed by atoms with Gasteiger partial charge in [0.25, 0.3) is 0 Å². The van der Waals surface area contributed by atoms with Crippen molar-refractivity contribution in [1.29, 1.82) is 0 Å². The van der Waals surface area contributed by atoms with E-state index in [0.717, 1.165) is 19.4 Å². The van der Waals surface area contributed by atoms with Gasteiger partial charge in [-0.1, -0.05) is 19.3 Å². The van der Waals surface area contributed by atoms with Gasteiger partial charge >= 0.3 is 0 Å². The molecule has 132 valence electrons. The fraction of sp³-hybridized carbons (Fsp3) is 0.938. The Morgan fingerprint density at radius 2 is 2.09 bits per heavy atom. The first kappa shape index (κ1) is 17.1. The average molecular weight is 328 g/mol. The van der Waals surface area contributed by atoms with E-state index in [9.17, 15) is 9.18 Å². The number of alkyl halides is 1. The highest BCUT2D eigenvalue weighted by molar-refractivity contribution is 5.78. The average Bonchev–Trinajstić information content (AvgIpc) is 3.05. The number of rotatable bonds is 4. The molecule has 3 fully saturated rings. The number of hydrogen-bond acceptors (Lipinski definition) is 5. The molecule has 1 aliphatic carbocycles. The van der Waals surface area contributed by atoms with Crippen LogP contribution in [0, 0.1) is 5.92 Å². The maximum atomic E-state index is 14.1. The maximum absolute atomic E-state index is 14.1. The monoisotopic (exact) mass is 328 g/mol. The molecule has 2 heterocycles. The molecular formula is C16H29FN4O2. The van der Waals surface area contributed by atoms with Crippen LogP contribution in [0.3, 0.4) is 0 Å². The van der Waals surface area contributed by atoms with Crippen LogP contribution in [-0.4, -0.2) is 55.4 Å². The van der Waals surface area contributed by atoms with Gasteiger partial charge < -0.3 is 9.64 Å². The van der Waals surface area contributed by atoms with Gasteiger partial charge in [-0.2, -0.15) is 5.53 Å². The van der Waals surface area contributed by atoms with Gasteiger partial charge in [0.1, 0.15) is 6.17 Å². The number of nitrogens with one attached hydrogen (secondary N) is 3. The van der Waals surface area contributed by atoms with Gasteiger partial charge in [0, 0.05) is 26.6 Å². The van der Waals surface area contributed by atoms with Crippen LogP contribution in [0.15, 0.2) is 0 Å². The lowest BCUT2D eigenvalue weighted by molar-refractivity contribution is -0.138. The summed E-state index contributed by atoms with van der Waals surface area (Å²) < 4.78 is 19.2. The highest BCUT2D eigenvalue weighted by atomic mass is 19.1. The largest absolute Gasteiger partial charge is 0.378 e. The number of hydrogen-bond donors (Lipinski definition) is 3. The van der Waals surface area contributed by atoms with E-state index in [2.05, 4.69) is 16.4 Å². The topological polar surface area (TPSA) is 65.6 Å². The molecule has 1 saturated carbocycles. The van der Waals surface area contributed by atoms with Crippen molar-refractivity contribution in [3.8, 4) is 0 Å². The van der Waals surface area contributed by atoms with Gasteiger partial charge in [-0.15, -0.1) is 0 Å². The van der Waals surface area contributed by atoms with E-state index in [1.54, 1.807) is 4.90 Å². The van der Waals surface area contributed by atoms with Crippen molar-refractivity contribution >= 4 is 5.91 Å². The van der Waals surface area contributed by atoms with Crippen LogP contribution in [0.4, 0.5) is 4.39 Å². The lowest BCUT2D eigenvalue weighted by Gasteiger charge is -2.41. The Balaban J connectivity index is 1.62. The molecule has 2 saturated heterocycles. The minimum atomic E-state index is -1.09. The Bertz CT molecular complexity index is 411. The molecule has 23 heavy (non-hydrogen) atoms. The summed E-state index contributed by atoms with van der Waals surface area (Å²) in [7, 11) is 1.53. The molecule has 0 bridgehead atoms. The number of carbonyl (C=O) groups excluding carboxylic acids is 1. The summed E-state index contributed by atoms with van der Waals surface area (Å²) in [5.41, 5.74) is 9.16. The summed E-state index contributed by atoms with van der Waals surface area (Å²) in [5, 5.41) is 0. The molecule has 3 N–H and O–H groups in total. The molecular weight excluding hydrogens is 299 g/mol. The normalized spacial score (nSPS) is 36.3. The van der Waals surface area contributed by atoms with Crippen LogP contribution in [-0.2, 0) is 9.53 Å². The van der Waals surface area contributed by atoms with E-state index in [1.807, 2.05) is 0 Å². The number of nitrogens with zero attached hydrogens (tertiary/aromatic N) is 1. The third-order valence-corrected chi connectivity index (χ3v) is 5.79. The number of halogens is 1. The van der Waals surface area contributed by atoms with Crippen LogP contribution in [0.1, 0.15) is 44.9 Å². The first-order valence-corrected chi connectivity index (χ1v) is 8.84. The molecule has 3 aliphatic rings. The number of likely N-dealkylation sites (tertiary alicyclic amines) is 1.